The summed E-state index contributed by atoms with van der Waals surface area (Å²) in [6.07, 6.45) is 1.23. The number of hydrogen-bond acceptors (Lipinski definition) is 6. The van der Waals surface area contributed by atoms with Crippen LogP contribution in [-0.4, -0.2) is 21.2 Å². The predicted molar refractivity (Wildman–Crippen MR) is 63.9 cm³/mol. The van der Waals surface area contributed by atoms with Gasteiger partial charge in [0.2, 0.25) is 0 Å². The highest BCUT2D eigenvalue weighted by Crippen LogP contribution is 2.30. The van der Waals surface area contributed by atoms with Crippen LogP contribution in [0.4, 0.5) is 10.5 Å². The Labute approximate surface area is 105 Å². The number of rotatable bonds is 2. The van der Waals surface area contributed by atoms with Crippen molar-refractivity contribution in [3.05, 3.63) is 38.8 Å². The molecule has 0 bridgehead atoms. The van der Waals surface area contributed by atoms with Crippen LogP contribution in [0.2, 0.25) is 0 Å². The maximum absolute atomic E-state index is 11.3. The number of non-ortho nitro benzene ring substituents is 1. The maximum Gasteiger partial charge on any atom is 0.290 e. The molecule has 0 aliphatic carbocycles. The normalized spacial score (nSPS) is 17.0. The lowest BCUT2D eigenvalue weighted by Crippen LogP contribution is -2.17. The van der Waals surface area contributed by atoms with Crippen LogP contribution in [0.25, 0.3) is 6.08 Å². The third kappa shape index (κ3) is 2.33. The highest BCUT2D eigenvalue weighted by molar-refractivity contribution is 8.18. The van der Waals surface area contributed by atoms with Gasteiger partial charge in [0.15, 0.2) is 0 Å². The number of nitrogens with zero attached hydrogens (tertiary/aromatic N) is 1. The molecule has 0 saturated carbocycles. The Balaban J connectivity index is 2.42. The SMILES string of the molecule is O=C1NC(=O)/C(=C\c2cc([N+](=O)[O-])ccc2O)S1. The summed E-state index contributed by atoms with van der Waals surface area (Å²) >= 11 is 0.672. The standard InChI is InChI=1S/C10H6N2O5S/c13-7-2-1-6(12(16)17)3-5(7)4-8-9(14)11-10(15)18-8/h1-4,13H,(H,11,14,15)/b8-4+. The number of imide groups is 1. The summed E-state index contributed by atoms with van der Waals surface area (Å²) in [4.78, 5) is 32.3. The first-order chi connectivity index (χ1) is 8.47. The van der Waals surface area contributed by atoms with Crippen molar-refractivity contribution in [2.24, 2.45) is 0 Å². The van der Waals surface area contributed by atoms with Crippen molar-refractivity contribution >= 4 is 34.7 Å². The minimum Gasteiger partial charge on any atom is -0.507 e. The van der Waals surface area contributed by atoms with Crippen LogP contribution >= 0.6 is 11.8 Å². The third-order valence-corrected chi connectivity index (χ3v) is 2.96. The van der Waals surface area contributed by atoms with Gasteiger partial charge < -0.3 is 5.11 Å². The maximum atomic E-state index is 11.3. The number of thioether (sulfide) groups is 1. The van der Waals surface area contributed by atoms with Gasteiger partial charge in [-0.2, -0.15) is 0 Å². The molecule has 1 fully saturated rings. The van der Waals surface area contributed by atoms with Gasteiger partial charge in [-0.15, -0.1) is 0 Å². The second-order valence-electron chi connectivity index (χ2n) is 3.35. The fourth-order valence-corrected chi connectivity index (χ4v) is 2.01. The highest BCUT2D eigenvalue weighted by atomic mass is 32.2. The van der Waals surface area contributed by atoms with E-state index in [1.54, 1.807) is 0 Å². The molecular weight excluding hydrogens is 260 g/mol. The number of benzene rings is 1. The molecule has 2 rings (SSSR count). The van der Waals surface area contributed by atoms with E-state index in [4.69, 9.17) is 0 Å². The minimum absolute atomic E-state index is 0.0794. The lowest BCUT2D eigenvalue weighted by molar-refractivity contribution is -0.384. The van der Waals surface area contributed by atoms with Gasteiger partial charge in [-0.3, -0.25) is 25.0 Å². The van der Waals surface area contributed by atoms with Gasteiger partial charge in [0.05, 0.1) is 9.83 Å². The Morgan fingerprint density at radius 1 is 1.39 bits per heavy atom. The molecular formula is C10H6N2O5S. The number of nitrogens with one attached hydrogen (secondary N) is 1. The van der Waals surface area contributed by atoms with Crippen molar-refractivity contribution in [1.29, 1.82) is 0 Å². The van der Waals surface area contributed by atoms with Crippen LogP contribution in [0.3, 0.4) is 0 Å². The quantitative estimate of drug-likeness (QED) is 0.478. The van der Waals surface area contributed by atoms with Crippen LogP contribution in [0.5, 0.6) is 5.75 Å². The number of carbonyl (C=O) groups is 2. The Hall–Kier alpha value is -2.35. The molecule has 1 aromatic carbocycles. The average Bonchev–Trinajstić information content (AvgIpc) is 2.60. The first-order valence-electron chi connectivity index (χ1n) is 4.69. The molecule has 0 radical (unpaired) electrons. The van der Waals surface area contributed by atoms with E-state index in [-0.39, 0.29) is 21.9 Å². The van der Waals surface area contributed by atoms with E-state index in [9.17, 15) is 24.8 Å². The zero-order chi connectivity index (χ0) is 13.3. The third-order valence-electron chi connectivity index (χ3n) is 2.15. The summed E-state index contributed by atoms with van der Waals surface area (Å²) in [5.74, 6) is -0.795. The molecule has 0 atom stereocenters. The topological polar surface area (TPSA) is 110 Å². The van der Waals surface area contributed by atoms with Crippen LogP contribution in [0.1, 0.15) is 5.56 Å². The van der Waals surface area contributed by atoms with Crippen molar-refractivity contribution in [3.63, 3.8) is 0 Å². The van der Waals surface area contributed by atoms with Crippen LogP contribution in [0, 0.1) is 10.1 Å². The number of nitro groups is 1. The lowest BCUT2D eigenvalue weighted by atomic mass is 10.1. The second kappa shape index (κ2) is 4.49. The molecule has 0 spiro atoms. The predicted octanol–water partition coefficient (Wildman–Crippen LogP) is 1.62. The summed E-state index contributed by atoms with van der Waals surface area (Å²) in [6, 6.07) is 3.42. The molecule has 7 nitrogen and oxygen atoms in total. The Kier molecular flexibility index (Phi) is 3.02. The molecule has 0 unspecified atom stereocenters. The van der Waals surface area contributed by atoms with Crippen molar-refractivity contribution in [2.75, 3.05) is 0 Å². The zero-order valence-corrected chi connectivity index (χ0v) is 9.56. The molecule has 92 valence electrons. The Morgan fingerprint density at radius 3 is 2.67 bits per heavy atom. The monoisotopic (exact) mass is 266 g/mol. The smallest absolute Gasteiger partial charge is 0.290 e. The van der Waals surface area contributed by atoms with Crippen molar-refractivity contribution in [3.8, 4) is 5.75 Å². The molecule has 1 aromatic rings. The number of carbonyl (C=O) groups excluding carboxylic acids is 2. The van der Waals surface area contributed by atoms with Gasteiger partial charge in [0, 0.05) is 17.7 Å². The summed E-state index contributed by atoms with van der Waals surface area (Å²) in [5, 5.41) is 21.6. The Bertz CT molecular complexity index is 596. The summed E-state index contributed by atoms with van der Waals surface area (Å²) in [7, 11) is 0. The number of amides is 2. The van der Waals surface area contributed by atoms with E-state index in [2.05, 4.69) is 0 Å². The van der Waals surface area contributed by atoms with E-state index in [1.165, 1.54) is 6.08 Å². The van der Waals surface area contributed by atoms with E-state index in [0.717, 1.165) is 18.2 Å². The van der Waals surface area contributed by atoms with Crippen LogP contribution in [-0.2, 0) is 4.79 Å². The molecule has 2 amide bonds. The molecule has 1 saturated heterocycles. The van der Waals surface area contributed by atoms with Gasteiger partial charge in [0.25, 0.3) is 16.8 Å². The fourth-order valence-electron chi connectivity index (χ4n) is 1.33. The molecule has 8 heteroatoms. The van der Waals surface area contributed by atoms with Crippen LogP contribution in [0.15, 0.2) is 23.1 Å². The molecule has 0 aromatic heterocycles. The first kappa shape index (κ1) is 12.1. The van der Waals surface area contributed by atoms with E-state index >= 15 is 0 Å². The van der Waals surface area contributed by atoms with Crippen molar-refractivity contribution in [2.45, 2.75) is 0 Å². The van der Waals surface area contributed by atoms with E-state index < -0.39 is 16.1 Å². The van der Waals surface area contributed by atoms with Gasteiger partial charge in [-0.1, -0.05) is 0 Å². The van der Waals surface area contributed by atoms with E-state index in [1.807, 2.05) is 5.32 Å². The number of phenols is 1. The summed E-state index contributed by atoms with van der Waals surface area (Å²) in [6.45, 7) is 0. The number of aromatic hydroxyl groups is 1. The molecule has 1 heterocycles. The van der Waals surface area contributed by atoms with Crippen molar-refractivity contribution in [1.82, 2.24) is 5.32 Å². The van der Waals surface area contributed by atoms with Crippen molar-refractivity contribution < 1.29 is 19.6 Å². The summed E-state index contributed by atoms with van der Waals surface area (Å²) in [5.41, 5.74) is -0.106. The van der Waals surface area contributed by atoms with Gasteiger partial charge in [-0.25, -0.2) is 0 Å². The fraction of sp³-hybridized carbons (Fsp3) is 0. The average molecular weight is 266 g/mol. The largest absolute Gasteiger partial charge is 0.507 e. The zero-order valence-electron chi connectivity index (χ0n) is 8.75. The highest BCUT2D eigenvalue weighted by Gasteiger charge is 2.25. The van der Waals surface area contributed by atoms with Crippen LogP contribution < -0.4 is 5.32 Å². The van der Waals surface area contributed by atoms with Gasteiger partial charge in [-0.05, 0) is 23.9 Å². The molecule has 2 N–H and O–H groups in total. The molecule has 18 heavy (non-hydrogen) atoms. The molecule has 1 aliphatic rings. The number of nitro benzene ring substituents is 1. The molecule has 1 aliphatic heterocycles. The van der Waals surface area contributed by atoms with E-state index in [0.29, 0.717) is 11.8 Å². The van der Waals surface area contributed by atoms with Gasteiger partial charge in [0.1, 0.15) is 5.75 Å². The minimum atomic E-state index is -0.617. The van der Waals surface area contributed by atoms with Gasteiger partial charge >= 0.3 is 0 Å². The summed E-state index contributed by atoms with van der Waals surface area (Å²) < 4.78 is 0. The number of phenolic OH excluding ortho intramolecular Hbond substituents is 1. The Morgan fingerprint density at radius 2 is 2.11 bits per heavy atom. The number of hydrogen-bond donors (Lipinski definition) is 2. The lowest BCUT2D eigenvalue weighted by Gasteiger charge is -1.99. The second-order valence-corrected chi connectivity index (χ2v) is 4.37. The first-order valence-corrected chi connectivity index (χ1v) is 5.51.